The van der Waals surface area contributed by atoms with Gasteiger partial charge in [0, 0.05) is 64.9 Å². The highest BCUT2D eigenvalue weighted by Gasteiger charge is 2.39. The van der Waals surface area contributed by atoms with Gasteiger partial charge in [-0.15, -0.1) is 0 Å². The lowest BCUT2D eigenvalue weighted by atomic mass is 9.96. The van der Waals surface area contributed by atoms with Crippen molar-refractivity contribution in [2.45, 2.75) is 38.4 Å². The standard InChI is InChI=1S/C35H28ClF2N5O3/c1-20-39-15-25(16-40-20)23-9-21(10-24(12-23)26-17-41-35(46)42-18-26)11-33(45)43-19-27(37)14-31(43)32(44)13-22-5-4-7-29(34(22)38)28-6-2-3-8-30(28)36/h2-10,12,15-18,27,31H,11,13-14,19H2,1H3,(H,41,42,46)/t27-,31+/m1/s1. The molecule has 1 aliphatic rings. The van der Waals surface area contributed by atoms with Gasteiger partial charge in [0.15, 0.2) is 5.78 Å². The van der Waals surface area contributed by atoms with Gasteiger partial charge in [-0.1, -0.05) is 60.1 Å². The number of halogens is 3. The number of Topliss-reactive ketones (excluding diaryl/α,β-unsaturated/α-hetero) is 1. The largest absolute Gasteiger partial charge is 0.344 e. The molecule has 6 rings (SSSR count). The summed E-state index contributed by atoms with van der Waals surface area (Å²) < 4.78 is 30.4. The molecule has 3 heterocycles. The summed E-state index contributed by atoms with van der Waals surface area (Å²) in [6.45, 7) is 1.53. The summed E-state index contributed by atoms with van der Waals surface area (Å²) in [5.41, 5.74) is 3.71. The number of carbonyl (C=O) groups is 2. The minimum absolute atomic E-state index is 0.128. The van der Waals surface area contributed by atoms with E-state index in [0.29, 0.717) is 38.7 Å². The number of aromatic nitrogens is 4. The number of aromatic amines is 1. The van der Waals surface area contributed by atoms with Crippen molar-refractivity contribution < 1.29 is 18.4 Å². The van der Waals surface area contributed by atoms with Crippen molar-refractivity contribution in [1.29, 1.82) is 0 Å². The van der Waals surface area contributed by atoms with Crippen LogP contribution in [-0.4, -0.2) is 55.3 Å². The van der Waals surface area contributed by atoms with Gasteiger partial charge in [-0.2, -0.15) is 0 Å². The summed E-state index contributed by atoms with van der Waals surface area (Å²) >= 11 is 6.29. The fourth-order valence-corrected chi connectivity index (χ4v) is 5.96. The molecule has 0 saturated carbocycles. The Morgan fingerprint density at radius 3 is 2.33 bits per heavy atom. The Morgan fingerprint density at radius 1 is 0.913 bits per heavy atom. The molecule has 5 aromatic rings. The van der Waals surface area contributed by atoms with Crippen LogP contribution < -0.4 is 5.69 Å². The van der Waals surface area contributed by atoms with Gasteiger partial charge >= 0.3 is 5.69 Å². The first-order valence-corrected chi connectivity index (χ1v) is 15.0. The summed E-state index contributed by atoms with van der Waals surface area (Å²) in [6, 6.07) is 16.0. The maximum Gasteiger partial charge on any atom is 0.344 e. The number of aryl methyl sites for hydroxylation is 1. The lowest BCUT2D eigenvalue weighted by Gasteiger charge is -2.24. The van der Waals surface area contributed by atoms with Gasteiger partial charge in [0.25, 0.3) is 0 Å². The third-order valence-electron chi connectivity index (χ3n) is 8.02. The molecule has 0 aliphatic carbocycles. The van der Waals surface area contributed by atoms with E-state index in [2.05, 4.69) is 19.9 Å². The van der Waals surface area contributed by atoms with Crippen molar-refractivity contribution >= 4 is 23.3 Å². The number of H-pyrrole nitrogens is 1. The van der Waals surface area contributed by atoms with Gasteiger partial charge < -0.3 is 9.88 Å². The second kappa shape index (κ2) is 13.1. The molecule has 0 spiro atoms. The zero-order chi connectivity index (χ0) is 32.4. The van der Waals surface area contributed by atoms with Crippen molar-refractivity contribution in [3.8, 4) is 33.4 Å². The van der Waals surface area contributed by atoms with Crippen molar-refractivity contribution in [3.63, 3.8) is 0 Å². The van der Waals surface area contributed by atoms with E-state index in [9.17, 15) is 18.8 Å². The van der Waals surface area contributed by atoms with E-state index in [-0.39, 0.29) is 36.9 Å². The zero-order valence-corrected chi connectivity index (χ0v) is 25.5. The average Bonchev–Trinajstić information content (AvgIpc) is 3.45. The van der Waals surface area contributed by atoms with Crippen LogP contribution in [0.15, 0.2) is 90.2 Å². The molecule has 2 atom stereocenters. The molecular formula is C35H28ClF2N5O3. The third-order valence-corrected chi connectivity index (χ3v) is 8.35. The maximum absolute atomic E-state index is 15.6. The van der Waals surface area contributed by atoms with Crippen molar-refractivity contribution in [2.75, 3.05) is 6.54 Å². The molecule has 1 aliphatic heterocycles. The number of likely N-dealkylation sites (tertiary alicyclic amines) is 1. The smallest absolute Gasteiger partial charge is 0.329 e. The van der Waals surface area contributed by atoms with E-state index in [4.69, 9.17) is 11.6 Å². The number of rotatable bonds is 8. The number of hydrogen-bond donors (Lipinski definition) is 1. The fourth-order valence-electron chi connectivity index (χ4n) is 5.72. The van der Waals surface area contributed by atoms with Crippen LogP contribution in [0.5, 0.6) is 0 Å². The van der Waals surface area contributed by atoms with E-state index < -0.39 is 35.4 Å². The van der Waals surface area contributed by atoms with Crippen LogP contribution in [0.1, 0.15) is 23.4 Å². The number of benzene rings is 3. The Kier molecular flexibility index (Phi) is 8.81. The Hall–Kier alpha value is -5.09. The maximum atomic E-state index is 15.6. The normalized spacial score (nSPS) is 16.0. The highest BCUT2D eigenvalue weighted by Crippen LogP contribution is 2.33. The molecule has 0 radical (unpaired) electrons. The van der Waals surface area contributed by atoms with Gasteiger partial charge in [0.2, 0.25) is 5.91 Å². The highest BCUT2D eigenvalue weighted by molar-refractivity contribution is 6.33. The second-order valence-corrected chi connectivity index (χ2v) is 11.6. The SMILES string of the molecule is Cc1ncc(-c2cc(CC(=O)N3C[C@H](F)C[C@H]3C(=O)Cc3cccc(-c4ccccc4Cl)c3F)cc(-c3cnc(=O)[nH]c3)c2)cn1. The molecule has 0 unspecified atom stereocenters. The van der Waals surface area contributed by atoms with Crippen LogP contribution in [0.2, 0.25) is 5.02 Å². The molecule has 0 bridgehead atoms. The lowest BCUT2D eigenvalue weighted by molar-refractivity contribution is -0.136. The average molecular weight is 640 g/mol. The second-order valence-electron chi connectivity index (χ2n) is 11.2. The minimum atomic E-state index is -1.39. The van der Waals surface area contributed by atoms with Crippen LogP contribution in [-0.2, 0) is 22.4 Å². The number of ketones is 1. The number of hydrogen-bond acceptors (Lipinski definition) is 6. The van der Waals surface area contributed by atoms with E-state index in [1.165, 1.54) is 23.4 Å². The molecular weight excluding hydrogens is 612 g/mol. The first-order chi connectivity index (χ1) is 22.2. The number of carbonyl (C=O) groups excluding carboxylic acids is 2. The zero-order valence-electron chi connectivity index (χ0n) is 24.7. The van der Waals surface area contributed by atoms with Gasteiger partial charge in [0.05, 0.1) is 19.0 Å². The molecule has 232 valence electrons. The number of nitrogens with zero attached hydrogens (tertiary/aromatic N) is 4. The summed E-state index contributed by atoms with van der Waals surface area (Å²) in [5, 5.41) is 0.372. The Bertz CT molecular complexity index is 1980. The predicted octanol–water partition coefficient (Wildman–Crippen LogP) is 5.96. The molecule has 11 heteroatoms. The van der Waals surface area contributed by atoms with Crippen LogP contribution >= 0.6 is 11.6 Å². The number of nitrogens with one attached hydrogen (secondary N) is 1. The molecule has 1 amide bonds. The highest BCUT2D eigenvalue weighted by atomic mass is 35.5. The number of amides is 1. The fraction of sp³-hybridized carbons (Fsp3) is 0.200. The Morgan fingerprint density at radius 2 is 1.61 bits per heavy atom. The topological polar surface area (TPSA) is 109 Å². The molecule has 46 heavy (non-hydrogen) atoms. The van der Waals surface area contributed by atoms with E-state index in [1.54, 1.807) is 61.8 Å². The van der Waals surface area contributed by atoms with Gasteiger partial charge in [0.1, 0.15) is 17.8 Å². The van der Waals surface area contributed by atoms with Crippen molar-refractivity contribution in [3.05, 3.63) is 124 Å². The quantitative estimate of drug-likeness (QED) is 0.225. The lowest BCUT2D eigenvalue weighted by Crippen LogP contribution is -2.42. The molecule has 3 aromatic carbocycles. The summed E-state index contributed by atoms with van der Waals surface area (Å²) in [5.74, 6) is -0.875. The third kappa shape index (κ3) is 6.62. The minimum Gasteiger partial charge on any atom is -0.329 e. The van der Waals surface area contributed by atoms with Gasteiger partial charge in [-0.3, -0.25) is 9.59 Å². The number of alkyl halides is 1. The van der Waals surface area contributed by atoms with Crippen LogP contribution in [0.3, 0.4) is 0 Å². The predicted molar refractivity (Wildman–Crippen MR) is 170 cm³/mol. The molecule has 2 aromatic heterocycles. The van der Waals surface area contributed by atoms with Crippen LogP contribution in [0, 0.1) is 12.7 Å². The molecule has 1 fully saturated rings. The molecule has 8 nitrogen and oxygen atoms in total. The Labute approximate surface area is 268 Å². The van der Waals surface area contributed by atoms with Gasteiger partial charge in [-0.25, -0.2) is 28.5 Å². The Balaban J connectivity index is 1.26. The monoisotopic (exact) mass is 639 g/mol. The first-order valence-electron chi connectivity index (χ1n) is 14.6. The van der Waals surface area contributed by atoms with Crippen LogP contribution in [0.4, 0.5) is 8.78 Å². The van der Waals surface area contributed by atoms with E-state index >= 15 is 4.39 Å². The van der Waals surface area contributed by atoms with E-state index in [0.717, 1.165) is 5.56 Å². The molecule has 1 N–H and O–H groups in total. The van der Waals surface area contributed by atoms with Crippen LogP contribution in [0.25, 0.3) is 33.4 Å². The summed E-state index contributed by atoms with van der Waals surface area (Å²) in [4.78, 5) is 54.9. The first kappa shape index (κ1) is 30.9. The van der Waals surface area contributed by atoms with E-state index in [1.807, 2.05) is 12.1 Å². The summed E-state index contributed by atoms with van der Waals surface area (Å²) in [6.07, 6.45) is 4.30. The van der Waals surface area contributed by atoms with Crippen molar-refractivity contribution in [1.82, 2.24) is 24.8 Å². The summed E-state index contributed by atoms with van der Waals surface area (Å²) in [7, 11) is 0. The van der Waals surface area contributed by atoms with Crippen molar-refractivity contribution in [2.24, 2.45) is 0 Å². The molecule has 1 saturated heterocycles. The van der Waals surface area contributed by atoms with Gasteiger partial charge in [-0.05, 0) is 41.3 Å².